The predicted octanol–water partition coefficient (Wildman–Crippen LogP) is 3.00. The molecule has 8 heteroatoms. The number of rotatable bonds is 4. The van der Waals surface area contributed by atoms with Crippen LogP contribution in [-0.2, 0) is 5.41 Å². The van der Waals surface area contributed by atoms with E-state index in [1.54, 1.807) is 24.3 Å². The van der Waals surface area contributed by atoms with Crippen molar-refractivity contribution >= 4 is 23.5 Å². The van der Waals surface area contributed by atoms with Crippen LogP contribution in [0, 0.1) is 0 Å². The first-order valence-corrected chi connectivity index (χ1v) is 8.40. The zero-order chi connectivity index (χ0) is 19.4. The molecular weight excluding hydrogens is 344 g/mol. The molecule has 3 N–H and O–H groups in total. The number of hydrogen-bond acceptors (Lipinski definition) is 5. The van der Waals surface area contributed by atoms with E-state index in [1.807, 2.05) is 24.3 Å². The summed E-state index contributed by atoms with van der Waals surface area (Å²) in [4.78, 5) is 24.5. The second-order valence-electron chi connectivity index (χ2n) is 7.05. The van der Waals surface area contributed by atoms with Gasteiger partial charge >= 0.3 is 0 Å². The van der Waals surface area contributed by atoms with Crippen LogP contribution in [0.25, 0.3) is 0 Å². The van der Waals surface area contributed by atoms with Crippen molar-refractivity contribution in [3.63, 3.8) is 0 Å². The van der Waals surface area contributed by atoms with Crippen molar-refractivity contribution in [2.45, 2.75) is 26.2 Å². The molecule has 1 heterocycles. The summed E-state index contributed by atoms with van der Waals surface area (Å²) in [6, 6.07) is 14.1. The van der Waals surface area contributed by atoms with E-state index in [4.69, 9.17) is 0 Å². The van der Waals surface area contributed by atoms with Gasteiger partial charge in [-0.2, -0.15) is 5.21 Å². The number of tetrazole rings is 1. The Morgan fingerprint density at radius 3 is 1.89 bits per heavy atom. The number of amides is 2. The average molecular weight is 364 g/mol. The first-order valence-electron chi connectivity index (χ1n) is 8.40. The topological polar surface area (TPSA) is 113 Å². The highest BCUT2D eigenvalue weighted by molar-refractivity contribution is 6.06. The molecular formula is C19H20N6O2. The Balaban J connectivity index is 1.64. The van der Waals surface area contributed by atoms with Crippen LogP contribution in [0.1, 0.15) is 47.1 Å². The summed E-state index contributed by atoms with van der Waals surface area (Å²) in [6.45, 7) is 6.41. The van der Waals surface area contributed by atoms with Crippen LogP contribution in [0.3, 0.4) is 0 Å². The van der Waals surface area contributed by atoms with Gasteiger partial charge in [-0.25, -0.2) is 0 Å². The molecule has 0 aliphatic heterocycles. The highest BCUT2D eigenvalue weighted by Crippen LogP contribution is 2.23. The molecule has 138 valence electrons. The van der Waals surface area contributed by atoms with Gasteiger partial charge in [-0.05, 0) is 52.6 Å². The molecule has 0 saturated heterocycles. The fourth-order valence-corrected chi connectivity index (χ4v) is 2.42. The number of aromatic nitrogens is 4. The van der Waals surface area contributed by atoms with Crippen LogP contribution in [0.4, 0.5) is 11.6 Å². The molecule has 0 spiro atoms. The summed E-state index contributed by atoms with van der Waals surface area (Å²) in [7, 11) is 0. The maximum Gasteiger partial charge on any atom is 0.270 e. The molecule has 0 aliphatic carbocycles. The second kappa shape index (κ2) is 7.36. The van der Waals surface area contributed by atoms with Crippen molar-refractivity contribution in [3.05, 3.63) is 65.2 Å². The second-order valence-corrected chi connectivity index (χ2v) is 7.05. The molecule has 0 aliphatic rings. The molecule has 3 rings (SSSR count). The molecule has 2 amide bonds. The van der Waals surface area contributed by atoms with Crippen molar-refractivity contribution in [2.24, 2.45) is 0 Å². The molecule has 0 unspecified atom stereocenters. The van der Waals surface area contributed by atoms with Crippen LogP contribution >= 0.6 is 0 Å². The van der Waals surface area contributed by atoms with Gasteiger partial charge < -0.3 is 5.32 Å². The molecule has 8 nitrogen and oxygen atoms in total. The van der Waals surface area contributed by atoms with Gasteiger partial charge in [0.15, 0.2) is 0 Å². The lowest BCUT2D eigenvalue weighted by Crippen LogP contribution is -2.15. The molecule has 0 atom stereocenters. The number of benzene rings is 2. The minimum Gasteiger partial charge on any atom is -0.322 e. The van der Waals surface area contributed by atoms with Gasteiger partial charge in [0.05, 0.1) is 0 Å². The summed E-state index contributed by atoms with van der Waals surface area (Å²) in [5, 5.41) is 18.3. The van der Waals surface area contributed by atoms with E-state index < -0.39 is 0 Å². The van der Waals surface area contributed by atoms with Gasteiger partial charge in [0.25, 0.3) is 17.8 Å². The Hall–Kier alpha value is -3.55. The summed E-state index contributed by atoms with van der Waals surface area (Å²) in [5.41, 5.74) is 2.79. The van der Waals surface area contributed by atoms with Crippen molar-refractivity contribution < 1.29 is 9.59 Å². The molecule has 0 saturated carbocycles. The third-order valence-corrected chi connectivity index (χ3v) is 3.99. The van der Waals surface area contributed by atoms with Gasteiger partial charge in [-0.3, -0.25) is 14.9 Å². The molecule has 0 bridgehead atoms. The molecule has 3 aromatic rings. The van der Waals surface area contributed by atoms with Crippen molar-refractivity contribution in [1.29, 1.82) is 0 Å². The molecule has 2 aromatic carbocycles. The number of H-pyrrole nitrogens is 1. The van der Waals surface area contributed by atoms with E-state index in [2.05, 4.69) is 52.0 Å². The third-order valence-electron chi connectivity index (χ3n) is 3.99. The number of carbonyl (C=O) groups is 2. The lowest BCUT2D eigenvalue weighted by atomic mass is 9.87. The SMILES string of the molecule is CC(C)(C)c1ccc(NC(=O)c2ccc(C(=O)Nc3nn[nH]n3)cc2)cc1. The first kappa shape index (κ1) is 18.2. The zero-order valence-corrected chi connectivity index (χ0v) is 15.3. The van der Waals surface area contributed by atoms with Crippen LogP contribution < -0.4 is 10.6 Å². The van der Waals surface area contributed by atoms with Gasteiger partial charge in [0.2, 0.25) is 0 Å². The van der Waals surface area contributed by atoms with Gasteiger partial charge in [0, 0.05) is 16.8 Å². The highest BCUT2D eigenvalue weighted by Gasteiger charge is 2.14. The smallest absolute Gasteiger partial charge is 0.270 e. The molecule has 1 aromatic heterocycles. The lowest BCUT2D eigenvalue weighted by molar-refractivity contribution is 0.101. The Bertz CT molecular complexity index is 926. The van der Waals surface area contributed by atoms with E-state index in [-0.39, 0.29) is 23.2 Å². The highest BCUT2D eigenvalue weighted by atomic mass is 16.2. The van der Waals surface area contributed by atoms with Crippen LogP contribution in [0.2, 0.25) is 0 Å². The van der Waals surface area contributed by atoms with E-state index in [9.17, 15) is 9.59 Å². The number of carbonyl (C=O) groups excluding carboxylic acids is 2. The fourth-order valence-electron chi connectivity index (χ4n) is 2.42. The monoisotopic (exact) mass is 364 g/mol. The van der Waals surface area contributed by atoms with Crippen LogP contribution in [0.5, 0.6) is 0 Å². The number of nitrogens with zero attached hydrogens (tertiary/aromatic N) is 3. The Kier molecular flexibility index (Phi) is 4.98. The maximum absolute atomic E-state index is 12.4. The Morgan fingerprint density at radius 2 is 1.41 bits per heavy atom. The van der Waals surface area contributed by atoms with Crippen molar-refractivity contribution in [1.82, 2.24) is 20.6 Å². The summed E-state index contributed by atoms with van der Waals surface area (Å²) < 4.78 is 0. The van der Waals surface area contributed by atoms with Crippen LogP contribution in [-0.4, -0.2) is 32.4 Å². The van der Waals surface area contributed by atoms with Crippen molar-refractivity contribution in [3.8, 4) is 0 Å². The number of anilines is 2. The van der Waals surface area contributed by atoms with E-state index in [0.717, 1.165) is 0 Å². The van der Waals surface area contributed by atoms with Gasteiger partial charge in [-0.1, -0.05) is 38.0 Å². The largest absolute Gasteiger partial charge is 0.322 e. The normalized spacial score (nSPS) is 11.1. The average Bonchev–Trinajstić information content (AvgIpc) is 3.14. The summed E-state index contributed by atoms with van der Waals surface area (Å²) in [5.74, 6) is -0.551. The summed E-state index contributed by atoms with van der Waals surface area (Å²) in [6.07, 6.45) is 0. The number of aromatic amines is 1. The Labute approximate surface area is 156 Å². The predicted molar refractivity (Wildman–Crippen MR) is 102 cm³/mol. The molecule has 27 heavy (non-hydrogen) atoms. The van der Waals surface area contributed by atoms with Gasteiger partial charge in [0.1, 0.15) is 0 Å². The Morgan fingerprint density at radius 1 is 0.852 bits per heavy atom. The minimum atomic E-state index is -0.388. The standard InChI is InChI=1S/C19H20N6O2/c1-19(2,3)14-8-10-15(11-9-14)20-16(26)12-4-6-13(7-5-12)17(27)21-18-22-24-25-23-18/h4-11H,1-3H3,(H,20,26)(H2,21,22,23,24,25,27). The molecule has 0 radical (unpaired) electrons. The van der Waals surface area contributed by atoms with Crippen molar-refractivity contribution in [2.75, 3.05) is 10.6 Å². The number of hydrogen-bond donors (Lipinski definition) is 3. The van der Waals surface area contributed by atoms with E-state index in [1.165, 1.54) is 5.56 Å². The minimum absolute atomic E-state index is 0.0560. The third kappa shape index (κ3) is 4.55. The van der Waals surface area contributed by atoms with E-state index in [0.29, 0.717) is 16.8 Å². The fraction of sp³-hybridized carbons (Fsp3) is 0.211. The lowest BCUT2D eigenvalue weighted by Gasteiger charge is -2.19. The first-order chi connectivity index (χ1) is 12.8. The van der Waals surface area contributed by atoms with Crippen LogP contribution in [0.15, 0.2) is 48.5 Å². The maximum atomic E-state index is 12.4. The summed E-state index contributed by atoms with van der Waals surface area (Å²) >= 11 is 0. The van der Waals surface area contributed by atoms with Gasteiger partial charge in [-0.15, -0.1) is 5.10 Å². The van der Waals surface area contributed by atoms with E-state index >= 15 is 0 Å². The quantitative estimate of drug-likeness (QED) is 0.659. The zero-order valence-electron chi connectivity index (χ0n) is 15.3. The molecule has 0 fully saturated rings. The number of nitrogens with one attached hydrogen (secondary N) is 3.